The summed E-state index contributed by atoms with van der Waals surface area (Å²) in [5.41, 5.74) is 2.93. The van der Waals surface area contributed by atoms with Crippen LogP contribution in [0, 0.1) is 6.92 Å². The number of carbonyl (C=O) groups is 2. The molecule has 0 N–H and O–H groups in total. The molecule has 102 valence electrons. The van der Waals surface area contributed by atoms with E-state index in [-0.39, 0.29) is 35.3 Å². The first-order chi connectivity index (χ1) is 9.58. The predicted molar refractivity (Wildman–Crippen MR) is 71.4 cm³/mol. The molecule has 0 spiro atoms. The van der Waals surface area contributed by atoms with Crippen molar-refractivity contribution in [1.82, 2.24) is 4.57 Å². The number of carboxylic acids is 1. The van der Waals surface area contributed by atoms with Crippen LogP contribution in [-0.2, 0) is 11.3 Å². The van der Waals surface area contributed by atoms with Gasteiger partial charge in [0.1, 0.15) is 0 Å². The molecule has 0 bridgehead atoms. The molecule has 0 radical (unpaired) electrons. The van der Waals surface area contributed by atoms with E-state index in [1.807, 2.05) is 19.1 Å². The van der Waals surface area contributed by atoms with Crippen LogP contribution in [0.25, 0.3) is 0 Å². The van der Waals surface area contributed by atoms with Crippen molar-refractivity contribution in [3.8, 4) is 0 Å². The van der Waals surface area contributed by atoms with Crippen LogP contribution in [0.4, 0.5) is 0 Å². The van der Waals surface area contributed by atoms with Crippen LogP contribution in [0.2, 0.25) is 0 Å². The zero-order valence-corrected chi connectivity index (χ0v) is 14.1. The normalized spacial score (nSPS) is 16.1. The molecule has 2 heterocycles. The molecule has 0 aliphatic carbocycles. The number of ketones is 1. The van der Waals surface area contributed by atoms with E-state index in [0.29, 0.717) is 29.9 Å². The van der Waals surface area contributed by atoms with Gasteiger partial charge in [-0.15, -0.1) is 0 Å². The number of aryl methyl sites for hydroxylation is 1. The molecule has 1 unspecified atom stereocenters. The van der Waals surface area contributed by atoms with Crippen molar-refractivity contribution in [3.05, 3.63) is 58.9 Å². The summed E-state index contributed by atoms with van der Waals surface area (Å²) in [6.45, 7) is 2.52. The molecule has 4 nitrogen and oxygen atoms in total. The maximum Gasteiger partial charge on any atom is 1.00 e. The molecule has 1 aromatic carbocycles. The van der Waals surface area contributed by atoms with Crippen molar-refractivity contribution in [1.29, 1.82) is 0 Å². The first-order valence-electron chi connectivity index (χ1n) is 6.59. The number of hydrogen-bond donors (Lipinski definition) is 0. The third-order valence-electron chi connectivity index (χ3n) is 3.84. The van der Waals surface area contributed by atoms with Crippen molar-refractivity contribution < 1.29 is 44.3 Å². The van der Waals surface area contributed by atoms with Gasteiger partial charge < -0.3 is 14.5 Å². The minimum absolute atomic E-state index is 0. The standard InChI is InChI=1S/C16H15NO3.Na/c1-10-2-4-11(5-3-10)15(18)14-7-6-13-12(16(19)20)8-9-17(13)14;/h2-7,12H,8-9H2,1H3,(H,19,20);/q;+1/p-1. The number of carboxylic acid groups (broad SMARTS) is 1. The SMILES string of the molecule is Cc1ccc(C(=O)c2ccc3n2CCC3C(=O)[O-])cc1.[Na+]. The largest absolute Gasteiger partial charge is 1.00 e. The molecule has 2 aromatic rings. The van der Waals surface area contributed by atoms with Gasteiger partial charge in [0.2, 0.25) is 5.78 Å². The van der Waals surface area contributed by atoms with Gasteiger partial charge in [0.25, 0.3) is 0 Å². The second-order valence-electron chi connectivity index (χ2n) is 5.15. The smallest absolute Gasteiger partial charge is 0.549 e. The van der Waals surface area contributed by atoms with E-state index in [2.05, 4.69) is 0 Å². The Balaban J connectivity index is 0.00000161. The molecular formula is C16H14NNaO3. The van der Waals surface area contributed by atoms with Gasteiger partial charge in [0.05, 0.1) is 11.7 Å². The summed E-state index contributed by atoms with van der Waals surface area (Å²) in [7, 11) is 0. The third-order valence-corrected chi connectivity index (χ3v) is 3.84. The number of carbonyl (C=O) groups excluding carboxylic acids is 2. The Morgan fingerprint density at radius 2 is 1.81 bits per heavy atom. The summed E-state index contributed by atoms with van der Waals surface area (Å²) >= 11 is 0. The molecule has 0 fully saturated rings. The summed E-state index contributed by atoms with van der Waals surface area (Å²) in [6.07, 6.45) is 0.493. The van der Waals surface area contributed by atoms with E-state index >= 15 is 0 Å². The zero-order chi connectivity index (χ0) is 14.3. The molecule has 5 heteroatoms. The van der Waals surface area contributed by atoms with E-state index in [0.717, 1.165) is 5.56 Å². The average molecular weight is 291 g/mol. The molecule has 0 saturated heterocycles. The van der Waals surface area contributed by atoms with Crippen LogP contribution in [0.5, 0.6) is 0 Å². The fourth-order valence-electron chi connectivity index (χ4n) is 2.73. The quantitative estimate of drug-likeness (QED) is 0.499. The van der Waals surface area contributed by atoms with E-state index in [4.69, 9.17) is 0 Å². The minimum Gasteiger partial charge on any atom is -0.549 e. The van der Waals surface area contributed by atoms with Crippen molar-refractivity contribution in [2.75, 3.05) is 0 Å². The summed E-state index contributed by atoms with van der Waals surface area (Å²) in [5.74, 6) is -1.75. The molecule has 1 aliphatic heterocycles. The molecule has 0 saturated carbocycles. The van der Waals surface area contributed by atoms with Crippen molar-refractivity contribution >= 4 is 11.8 Å². The summed E-state index contributed by atoms with van der Waals surface area (Å²) in [6, 6.07) is 10.8. The van der Waals surface area contributed by atoms with Gasteiger partial charge in [-0.3, -0.25) is 4.79 Å². The number of nitrogens with zero attached hydrogens (tertiary/aromatic N) is 1. The maximum atomic E-state index is 12.5. The average Bonchev–Trinajstić information content (AvgIpc) is 2.99. The third kappa shape index (κ3) is 2.84. The molecule has 0 amide bonds. The van der Waals surface area contributed by atoms with Crippen LogP contribution in [0.15, 0.2) is 36.4 Å². The Morgan fingerprint density at radius 1 is 1.14 bits per heavy atom. The Kier molecular flexibility index (Phi) is 4.71. The van der Waals surface area contributed by atoms with Crippen LogP contribution in [0.1, 0.15) is 39.6 Å². The van der Waals surface area contributed by atoms with E-state index in [1.54, 1.807) is 28.8 Å². The molecule has 1 aliphatic rings. The minimum atomic E-state index is -1.07. The first kappa shape index (κ1) is 16.0. The van der Waals surface area contributed by atoms with E-state index in [9.17, 15) is 14.7 Å². The van der Waals surface area contributed by atoms with Gasteiger partial charge in [0.15, 0.2) is 0 Å². The molecule has 3 rings (SSSR count). The zero-order valence-electron chi connectivity index (χ0n) is 12.1. The number of rotatable bonds is 3. The maximum absolute atomic E-state index is 12.5. The predicted octanol–water partition coefficient (Wildman–Crippen LogP) is -1.73. The molecule has 21 heavy (non-hydrogen) atoms. The molecular weight excluding hydrogens is 277 g/mol. The van der Waals surface area contributed by atoms with E-state index in [1.165, 1.54) is 0 Å². The summed E-state index contributed by atoms with van der Waals surface area (Å²) < 4.78 is 1.79. The Hall–Kier alpha value is -1.36. The topological polar surface area (TPSA) is 62.1 Å². The van der Waals surface area contributed by atoms with Crippen molar-refractivity contribution in [2.45, 2.75) is 25.8 Å². The van der Waals surface area contributed by atoms with Gasteiger partial charge in [-0.05, 0) is 25.5 Å². The molecule has 1 atom stereocenters. The van der Waals surface area contributed by atoms with Crippen molar-refractivity contribution in [3.63, 3.8) is 0 Å². The number of benzene rings is 1. The van der Waals surface area contributed by atoms with E-state index < -0.39 is 11.9 Å². The van der Waals surface area contributed by atoms with Crippen LogP contribution < -0.4 is 34.7 Å². The Morgan fingerprint density at radius 3 is 2.43 bits per heavy atom. The second kappa shape index (κ2) is 6.18. The van der Waals surface area contributed by atoms with Crippen LogP contribution in [0.3, 0.4) is 0 Å². The second-order valence-corrected chi connectivity index (χ2v) is 5.15. The summed E-state index contributed by atoms with van der Waals surface area (Å²) in [4.78, 5) is 23.5. The van der Waals surface area contributed by atoms with Crippen LogP contribution >= 0.6 is 0 Å². The first-order valence-corrected chi connectivity index (χ1v) is 6.59. The van der Waals surface area contributed by atoms with Gasteiger partial charge >= 0.3 is 29.6 Å². The number of aliphatic carboxylic acids is 1. The van der Waals surface area contributed by atoms with Crippen molar-refractivity contribution in [2.24, 2.45) is 0 Å². The van der Waals surface area contributed by atoms with Crippen LogP contribution in [-0.4, -0.2) is 16.3 Å². The Bertz CT molecular complexity index is 688. The number of hydrogen-bond acceptors (Lipinski definition) is 3. The van der Waals surface area contributed by atoms with Gasteiger partial charge in [-0.25, -0.2) is 0 Å². The van der Waals surface area contributed by atoms with Gasteiger partial charge in [-0.1, -0.05) is 29.8 Å². The molecule has 1 aromatic heterocycles. The number of aromatic nitrogens is 1. The van der Waals surface area contributed by atoms with Gasteiger partial charge in [0, 0.05) is 23.7 Å². The Labute approximate surface area is 145 Å². The summed E-state index contributed by atoms with van der Waals surface area (Å²) in [5, 5.41) is 11.0. The van der Waals surface area contributed by atoms with Gasteiger partial charge in [-0.2, -0.15) is 0 Å². The number of fused-ring (bicyclic) bond motifs is 1. The monoisotopic (exact) mass is 291 g/mol. The fraction of sp³-hybridized carbons (Fsp3) is 0.250. The fourth-order valence-corrected chi connectivity index (χ4v) is 2.73.